The lowest BCUT2D eigenvalue weighted by molar-refractivity contribution is -0.142. The smallest absolute Gasteiger partial charge is 0.326 e. The molecule has 202 valence electrons. The maximum absolute atomic E-state index is 13.1. The van der Waals surface area contributed by atoms with Gasteiger partial charge in [0.1, 0.15) is 23.9 Å². The maximum atomic E-state index is 13.1. The number of nitrogens with two attached hydrogens (primary N) is 1. The van der Waals surface area contributed by atoms with Crippen molar-refractivity contribution in [3.8, 4) is 5.75 Å². The first-order valence-electron chi connectivity index (χ1n) is 11.6. The fourth-order valence-electron chi connectivity index (χ4n) is 3.19. The Kier molecular flexibility index (Phi) is 14.3. The molecule has 3 amide bonds. The molecule has 0 spiro atoms. The van der Waals surface area contributed by atoms with Gasteiger partial charge in [-0.15, -0.1) is 0 Å². The average Bonchev–Trinajstić information content (AvgIpc) is 2.83. The van der Waals surface area contributed by atoms with E-state index < -0.39 is 47.9 Å². The van der Waals surface area contributed by atoms with Gasteiger partial charge in [-0.2, -0.15) is 23.5 Å². The van der Waals surface area contributed by atoms with Crippen molar-refractivity contribution >= 4 is 47.2 Å². The summed E-state index contributed by atoms with van der Waals surface area (Å²) < 4.78 is 0. The molecule has 12 heteroatoms. The van der Waals surface area contributed by atoms with Crippen LogP contribution in [0.25, 0.3) is 0 Å². The lowest BCUT2D eigenvalue weighted by atomic mass is 10.0. The van der Waals surface area contributed by atoms with Crippen LogP contribution in [0.1, 0.15) is 32.3 Å². The molecule has 7 N–H and O–H groups in total. The number of phenols is 1. The van der Waals surface area contributed by atoms with Gasteiger partial charge in [0.2, 0.25) is 17.7 Å². The molecule has 36 heavy (non-hydrogen) atoms. The molecular weight excluding hydrogens is 504 g/mol. The molecule has 4 unspecified atom stereocenters. The zero-order valence-corrected chi connectivity index (χ0v) is 22.8. The molecule has 0 saturated carbocycles. The number of hydrogen-bond acceptors (Lipinski definition) is 8. The molecule has 1 aromatic rings. The van der Waals surface area contributed by atoms with Crippen LogP contribution in [0.5, 0.6) is 5.75 Å². The molecule has 1 aromatic carbocycles. The third-order valence-electron chi connectivity index (χ3n) is 5.50. The van der Waals surface area contributed by atoms with Crippen molar-refractivity contribution in [1.82, 2.24) is 16.0 Å². The quantitative estimate of drug-likeness (QED) is 0.178. The molecule has 0 aliphatic heterocycles. The van der Waals surface area contributed by atoms with Gasteiger partial charge in [0.15, 0.2) is 0 Å². The van der Waals surface area contributed by atoms with Crippen LogP contribution < -0.4 is 21.7 Å². The molecule has 0 heterocycles. The van der Waals surface area contributed by atoms with E-state index in [9.17, 15) is 29.4 Å². The SMILES string of the molecule is CSCCC(NC(=O)C(CCSC)NC(=O)C(N)C(C)C)C(=O)NC(Cc1ccc(O)cc1)C(=O)O. The standard InChI is InChI=1S/C24H38N4O6S2/c1-14(2)20(25)23(32)27-18(10-12-36-4)21(30)26-17(9-11-35-3)22(31)28-19(24(33)34)13-15-5-7-16(29)8-6-15/h5-8,14,17-20,29H,9-13,25H2,1-4H3,(H,26,30)(H,27,32)(H,28,31)(H,33,34). The van der Waals surface area contributed by atoms with E-state index in [1.165, 1.54) is 35.7 Å². The van der Waals surface area contributed by atoms with Gasteiger partial charge in [0.25, 0.3) is 0 Å². The van der Waals surface area contributed by atoms with E-state index in [1.54, 1.807) is 26.0 Å². The van der Waals surface area contributed by atoms with Crippen LogP contribution in [-0.4, -0.2) is 82.1 Å². The largest absolute Gasteiger partial charge is 0.508 e. The van der Waals surface area contributed by atoms with Gasteiger partial charge >= 0.3 is 5.97 Å². The lowest BCUT2D eigenvalue weighted by Gasteiger charge is -2.25. The highest BCUT2D eigenvalue weighted by Crippen LogP contribution is 2.12. The van der Waals surface area contributed by atoms with E-state index in [0.29, 0.717) is 23.5 Å². The summed E-state index contributed by atoms with van der Waals surface area (Å²) in [5.74, 6) is -1.74. The number of carboxylic acid groups (broad SMARTS) is 1. The number of benzene rings is 1. The monoisotopic (exact) mass is 542 g/mol. The Morgan fingerprint density at radius 1 is 0.833 bits per heavy atom. The van der Waals surface area contributed by atoms with Crippen molar-refractivity contribution in [2.75, 3.05) is 24.0 Å². The zero-order valence-electron chi connectivity index (χ0n) is 21.2. The Hall–Kier alpha value is -2.44. The highest BCUT2D eigenvalue weighted by Gasteiger charge is 2.30. The molecule has 0 aromatic heterocycles. The molecule has 1 rings (SSSR count). The maximum Gasteiger partial charge on any atom is 0.326 e. The summed E-state index contributed by atoms with van der Waals surface area (Å²) in [6.07, 6.45) is 4.37. The summed E-state index contributed by atoms with van der Waals surface area (Å²) in [5, 5.41) is 27.0. The second kappa shape index (κ2) is 16.3. The number of phenolic OH excluding ortho intramolecular Hbond substituents is 1. The van der Waals surface area contributed by atoms with Crippen molar-refractivity contribution in [3.63, 3.8) is 0 Å². The van der Waals surface area contributed by atoms with E-state index in [4.69, 9.17) is 5.73 Å². The summed E-state index contributed by atoms with van der Waals surface area (Å²) in [7, 11) is 0. The fourth-order valence-corrected chi connectivity index (χ4v) is 4.13. The number of thioether (sulfide) groups is 2. The first-order valence-corrected chi connectivity index (χ1v) is 14.4. The fraction of sp³-hybridized carbons (Fsp3) is 0.583. The summed E-state index contributed by atoms with van der Waals surface area (Å²) in [5.41, 5.74) is 6.54. The first kappa shape index (κ1) is 31.6. The molecule has 0 aliphatic carbocycles. The van der Waals surface area contributed by atoms with Gasteiger partial charge in [-0.1, -0.05) is 26.0 Å². The number of carboxylic acids is 1. The van der Waals surface area contributed by atoms with Crippen molar-refractivity contribution in [2.45, 2.75) is 57.3 Å². The number of hydrogen-bond donors (Lipinski definition) is 6. The second-order valence-electron chi connectivity index (χ2n) is 8.73. The first-order chi connectivity index (χ1) is 17.0. The molecule has 0 aliphatic rings. The molecule has 0 radical (unpaired) electrons. The Balaban J connectivity index is 2.98. The molecule has 4 atom stereocenters. The molecule has 10 nitrogen and oxygen atoms in total. The van der Waals surface area contributed by atoms with Crippen molar-refractivity contribution < 1.29 is 29.4 Å². The number of carbonyl (C=O) groups excluding carboxylic acids is 3. The summed E-state index contributed by atoms with van der Waals surface area (Å²) in [4.78, 5) is 50.4. The van der Waals surface area contributed by atoms with E-state index in [2.05, 4.69) is 16.0 Å². The van der Waals surface area contributed by atoms with Gasteiger partial charge in [0.05, 0.1) is 6.04 Å². The third kappa shape index (κ3) is 11.1. The van der Waals surface area contributed by atoms with E-state index in [1.807, 2.05) is 12.5 Å². The summed E-state index contributed by atoms with van der Waals surface area (Å²) >= 11 is 3.00. The van der Waals surface area contributed by atoms with Crippen molar-refractivity contribution in [1.29, 1.82) is 0 Å². The van der Waals surface area contributed by atoms with Crippen LogP contribution in [0.3, 0.4) is 0 Å². The van der Waals surface area contributed by atoms with Gasteiger partial charge in [-0.25, -0.2) is 4.79 Å². The Labute approximate surface area is 220 Å². The number of nitrogens with one attached hydrogen (secondary N) is 3. The number of aliphatic carboxylic acids is 1. The topological polar surface area (TPSA) is 171 Å². The number of carbonyl (C=O) groups is 4. The summed E-state index contributed by atoms with van der Waals surface area (Å²) in [6, 6.07) is 2.15. The van der Waals surface area contributed by atoms with Gasteiger partial charge in [-0.3, -0.25) is 14.4 Å². The van der Waals surface area contributed by atoms with Crippen LogP contribution >= 0.6 is 23.5 Å². The van der Waals surface area contributed by atoms with E-state index in [-0.39, 0.29) is 24.5 Å². The van der Waals surface area contributed by atoms with Crippen LogP contribution in [0.15, 0.2) is 24.3 Å². The zero-order chi connectivity index (χ0) is 27.3. The van der Waals surface area contributed by atoms with Crippen LogP contribution in [0.2, 0.25) is 0 Å². The van der Waals surface area contributed by atoms with Gasteiger partial charge in [-0.05, 0) is 60.5 Å². The normalized spacial score (nSPS) is 14.4. The third-order valence-corrected chi connectivity index (χ3v) is 6.79. The van der Waals surface area contributed by atoms with E-state index >= 15 is 0 Å². The minimum absolute atomic E-state index is 0.00401. The van der Waals surface area contributed by atoms with Crippen LogP contribution in [-0.2, 0) is 25.6 Å². The van der Waals surface area contributed by atoms with Gasteiger partial charge in [0, 0.05) is 6.42 Å². The average molecular weight is 543 g/mol. The minimum Gasteiger partial charge on any atom is -0.508 e. The molecular formula is C24H38N4O6S2. The number of amides is 3. The molecule has 0 bridgehead atoms. The lowest BCUT2D eigenvalue weighted by Crippen LogP contribution is -2.58. The van der Waals surface area contributed by atoms with Crippen LogP contribution in [0.4, 0.5) is 0 Å². The summed E-state index contributed by atoms with van der Waals surface area (Å²) in [6.45, 7) is 3.61. The second-order valence-corrected chi connectivity index (χ2v) is 10.7. The predicted molar refractivity (Wildman–Crippen MR) is 144 cm³/mol. The minimum atomic E-state index is -1.23. The van der Waals surface area contributed by atoms with Crippen molar-refractivity contribution in [2.24, 2.45) is 11.7 Å². The highest BCUT2D eigenvalue weighted by molar-refractivity contribution is 7.98. The highest BCUT2D eigenvalue weighted by atomic mass is 32.2. The Bertz CT molecular complexity index is 869. The van der Waals surface area contributed by atoms with Crippen molar-refractivity contribution in [3.05, 3.63) is 29.8 Å². The van der Waals surface area contributed by atoms with Crippen LogP contribution in [0, 0.1) is 5.92 Å². The number of aromatic hydroxyl groups is 1. The Morgan fingerprint density at radius 2 is 1.28 bits per heavy atom. The van der Waals surface area contributed by atoms with Gasteiger partial charge < -0.3 is 31.9 Å². The Morgan fingerprint density at radius 3 is 1.69 bits per heavy atom. The molecule has 0 saturated heterocycles. The molecule has 0 fully saturated rings. The van der Waals surface area contributed by atoms with E-state index in [0.717, 1.165) is 0 Å². The predicted octanol–water partition coefficient (Wildman–Crippen LogP) is 0.963. The number of rotatable bonds is 16.